The SMILES string of the molecule is CC(=O)Nc1ccn([C@H]2CC[C@@H](COC(=O)CCC(C)C)O2)c(=O)n1. The molecule has 8 nitrogen and oxygen atoms in total. The van der Waals surface area contributed by atoms with Crippen LogP contribution in [0.25, 0.3) is 0 Å². The van der Waals surface area contributed by atoms with Crippen molar-refractivity contribution in [2.45, 2.75) is 58.8 Å². The minimum absolute atomic E-state index is 0.194. The number of carbonyl (C=O) groups is 2. The van der Waals surface area contributed by atoms with Crippen molar-refractivity contribution in [2.24, 2.45) is 5.92 Å². The minimum atomic E-state index is -0.495. The molecule has 25 heavy (non-hydrogen) atoms. The molecule has 1 amide bonds. The van der Waals surface area contributed by atoms with Gasteiger partial charge in [0, 0.05) is 19.5 Å². The molecule has 0 spiro atoms. The molecule has 1 aliphatic rings. The fourth-order valence-corrected chi connectivity index (χ4v) is 2.56. The number of ether oxygens (including phenoxy) is 2. The van der Waals surface area contributed by atoms with Crippen LogP contribution in [0.4, 0.5) is 5.82 Å². The van der Waals surface area contributed by atoms with Crippen molar-refractivity contribution >= 4 is 17.7 Å². The van der Waals surface area contributed by atoms with Gasteiger partial charge in [0.05, 0.1) is 6.10 Å². The Balaban J connectivity index is 1.85. The van der Waals surface area contributed by atoms with Crippen molar-refractivity contribution < 1.29 is 19.1 Å². The molecule has 0 aromatic carbocycles. The highest BCUT2D eigenvalue weighted by Crippen LogP contribution is 2.27. The third-order valence-electron chi connectivity index (χ3n) is 3.89. The number of hydrogen-bond donors (Lipinski definition) is 1. The predicted molar refractivity (Wildman–Crippen MR) is 91.0 cm³/mol. The van der Waals surface area contributed by atoms with Gasteiger partial charge in [0.1, 0.15) is 18.7 Å². The average molecular weight is 351 g/mol. The van der Waals surface area contributed by atoms with Crippen LogP contribution in [-0.2, 0) is 19.1 Å². The van der Waals surface area contributed by atoms with E-state index in [1.165, 1.54) is 11.5 Å². The van der Waals surface area contributed by atoms with Gasteiger partial charge in [-0.2, -0.15) is 4.98 Å². The smallest absolute Gasteiger partial charge is 0.351 e. The monoisotopic (exact) mass is 351 g/mol. The van der Waals surface area contributed by atoms with E-state index in [1.807, 2.05) is 0 Å². The van der Waals surface area contributed by atoms with E-state index in [2.05, 4.69) is 24.1 Å². The second kappa shape index (κ2) is 8.75. The number of esters is 1. The summed E-state index contributed by atoms with van der Waals surface area (Å²) in [5.41, 5.74) is -0.495. The topological polar surface area (TPSA) is 99.5 Å². The summed E-state index contributed by atoms with van der Waals surface area (Å²) in [5.74, 6) is 0.155. The molecule has 138 valence electrons. The number of anilines is 1. The zero-order valence-corrected chi connectivity index (χ0v) is 14.9. The van der Waals surface area contributed by atoms with Crippen LogP contribution in [0, 0.1) is 5.92 Å². The second-order valence-corrected chi connectivity index (χ2v) is 6.59. The third kappa shape index (κ3) is 5.97. The lowest BCUT2D eigenvalue weighted by molar-refractivity contribution is -0.148. The molecule has 0 unspecified atom stereocenters. The Morgan fingerprint density at radius 2 is 2.20 bits per heavy atom. The first-order chi connectivity index (χ1) is 11.8. The summed E-state index contributed by atoms with van der Waals surface area (Å²) in [5, 5.41) is 2.46. The summed E-state index contributed by atoms with van der Waals surface area (Å²) in [7, 11) is 0. The Morgan fingerprint density at radius 3 is 2.84 bits per heavy atom. The maximum atomic E-state index is 12.1. The van der Waals surface area contributed by atoms with Gasteiger partial charge in [0.2, 0.25) is 5.91 Å². The first kappa shape index (κ1) is 19.1. The molecule has 2 heterocycles. The zero-order valence-electron chi connectivity index (χ0n) is 14.9. The van der Waals surface area contributed by atoms with E-state index in [9.17, 15) is 14.4 Å². The molecule has 2 rings (SSSR count). The van der Waals surface area contributed by atoms with Gasteiger partial charge in [0.15, 0.2) is 0 Å². The van der Waals surface area contributed by atoms with Crippen LogP contribution in [0.2, 0.25) is 0 Å². The molecule has 0 radical (unpaired) electrons. The van der Waals surface area contributed by atoms with E-state index in [-0.39, 0.29) is 30.4 Å². The predicted octanol–water partition coefficient (Wildman–Crippen LogP) is 1.86. The minimum Gasteiger partial charge on any atom is -0.463 e. The van der Waals surface area contributed by atoms with Crippen LogP contribution in [0.3, 0.4) is 0 Å². The number of aromatic nitrogens is 2. The Labute approximate surface area is 146 Å². The van der Waals surface area contributed by atoms with E-state index in [4.69, 9.17) is 9.47 Å². The van der Waals surface area contributed by atoms with E-state index in [0.29, 0.717) is 25.2 Å². The van der Waals surface area contributed by atoms with Crippen molar-refractivity contribution in [3.05, 3.63) is 22.7 Å². The summed E-state index contributed by atoms with van der Waals surface area (Å²) in [6.45, 7) is 5.65. The summed E-state index contributed by atoms with van der Waals surface area (Å²) in [6.07, 6.45) is 3.41. The quantitative estimate of drug-likeness (QED) is 0.753. The van der Waals surface area contributed by atoms with Crippen molar-refractivity contribution in [1.82, 2.24) is 9.55 Å². The number of hydrogen-bond acceptors (Lipinski definition) is 6. The van der Waals surface area contributed by atoms with Gasteiger partial charge in [-0.25, -0.2) is 4.79 Å². The first-order valence-electron chi connectivity index (χ1n) is 8.53. The average Bonchev–Trinajstić information content (AvgIpc) is 2.99. The molecule has 0 bridgehead atoms. The Kier molecular flexibility index (Phi) is 6.69. The molecule has 1 N–H and O–H groups in total. The van der Waals surface area contributed by atoms with Crippen LogP contribution in [-0.4, -0.2) is 34.1 Å². The summed E-state index contributed by atoms with van der Waals surface area (Å²) >= 11 is 0. The second-order valence-electron chi connectivity index (χ2n) is 6.59. The van der Waals surface area contributed by atoms with Gasteiger partial charge in [-0.3, -0.25) is 14.2 Å². The van der Waals surface area contributed by atoms with E-state index in [0.717, 1.165) is 6.42 Å². The normalized spacial score (nSPS) is 19.8. The lowest BCUT2D eigenvalue weighted by Crippen LogP contribution is -2.28. The molecule has 1 aromatic heterocycles. The van der Waals surface area contributed by atoms with Crippen molar-refractivity contribution in [3.63, 3.8) is 0 Å². The van der Waals surface area contributed by atoms with Crippen molar-refractivity contribution in [2.75, 3.05) is 11.9 Å². The summed E-state index contributed by atoms with van der Waals surface area (Å²) in [4.78, 5) is 38.5. The molecular weight excluding hydrogens is 326 g/mol. The maximum Gasteiger partial charge on any atom is 0.351 e. The van der Waals surface area contributed by atoms with Crippen LogP contribution < -0.4 is 11.0 Å². The number of rotatable bonds is 7. The standard InChI is InChI=1S/C17H25N3O5/c1-11(2)4-7-16(22)24-10-13-5-6-15(25-13)20-9-8-14(18-12(3)21)19-17(20)23/h8-9,11,13,15H,4-7,10H2,1-3H3,(H,18,19,21,23)/t13-,15+/m0/s1. The molecule has 8 heteroatoms. The third-order valence-corrected chi connectivity index (χ3v) is 3.89. The van der Waals surface area contributed by atoms with Crippen molar-refractivity contribution in [1.29, 1.82) is 0 Å². The molecular formula is C17H25N3O5. The highest BCUT2D eigenvalue weighted by atomic mass is 16.6. The largest absolute Gasteiger partial charge is 0.463 e. The molecule has 0 aliphatic carbocycles. The zero-order chi connectivity index (χ0) is 18.4. The number of carbonyl (C=O) groups excluding carboxylic acids is 2. The maximum absolute atomic E-state index is 12.1. The summed E-state index contributed by atoms with van der Waals surface area (Å²) in [6, 6.07) is 1.55. The first-order valence-corrected chi connectivity index (χ1v) is 8.53. The lowest BCUT2D eigenvalue weighted by atomic mass is 10.1. The van der Waals surface area contributed by atoms with Crippen LogP contribution in [0.15, 0.2) is 17.1 Å². The highest BCUT2D eigenvalue weighted by Gasteiger charge is 2.28. The molecule has 0 saturated carbocycles. The Bertz CT molecular complexity index is 670. The van der Waals surface area contributed by atoms with Gasteiger partial charge in [0.25, 0.3) is 0 Å². The molecule has 1 aliphatic heterocycles. The van der Waals surface area contributed by atoms with Crippen LogP contribution in [0.5, 0.6) is 0 Å². The van der Waals surface area contributed by atoms with Gasteiger partial charge < -0.3 is 14.8 Å². The summed E-state index contributed by atoms with van der Waals surface area (Å²) < 4.78 is 12.4. The number of nitrogens with one attached hydrogen (secondary N) is 1. The molecule has 2 atom stereocenters. The van der Waals surface area contributed by atoms with Crippen LogP contribution >= 0.6 is 0 Å². The van der Waals surface area contributed by atoms with Crippen molar-refractivity contribution in [3.8, 4) is 0 Å². The van der Waals surface area contributed by atoms with E-state index in [1.54, 1.807) is 12.3 Å². The number of nitrogens with zero attached hydrogens (tertiary/aromatic N) is 2. The van der Waals surface area contributed by atoms with E-state index < -0.39 is 11.9 Å². The Hall–Kier alpha value is -2.22. The fraction of sp³-hybridized carbons (Fsp3) is 0.647. The van der Waals surface area contributed by atoms with E-state index >= 15 is 0 Å². The molecule has 1 saturated heterocycles. The fourth-order valence-electron chi connectivity index (χ4n) is 2.56. The molecule has 1 fully saturated rings. The van der Waals surface area contributed by atoms with Crippen LogP contribution in [0.1, 0.15) is 52.7 Å². The number of amides is 1. The Morgan fingerprint density at radius 1 is 1.44 bits per heavy atom. The van der Waals surface area contributed by atoms with Gasteiger partial charge in [-0.15, -0.1) is 0 Å². The van der Waals surface area contributed by atoms with Gasteiger partial charge in [-0.05, 0) is 31.2 Å². The van der Waals surface area contributed by atoms with Gasteiger partial charge >= 0.3 is 11.7 Å². The van der Waals surface area contributed by atoms with Gasteiger partial charge in [-0.1, -0.05) is 13.8 Å². The molecule has 1 aromatic rings. The highest BCUT2D eigenvalue weighted by molar-refractivity contribution is 5.87. The lowest BCUT2D eigenvalue weighted by Gasteiger charge is -2.16.